The maximum atomic E-state index is 5.88. The van der Waals surface area contributed by atoms with E-state index in [2.05, 4.69) is 0 Å². The lowest BCUT2D eigenvalue weighted by molar-refractivity contribution is 0.135. The molecule has 2 atom stereocenters. The van der Waals surface area contributed by atoms with Crippen molar-refractivity contribution in [3.63, 3.8) is 0 Å². The van der Waals surface area contributed by atoms with E-state index in [9.17, 15) is 0 Å². The second-order valence-corrected chi connectivity index (χ2v) is 4.33. The van der Waals surface area contributed by atoms with E-state index >= 15 is 0 Å². The van der Waals surface area contributed by atoms with Crippen molar-refractivity contribution >= 4 is 0 Å². The molecule has 0 bridgehead atoms. The summed E-state index contributed by atoms with van der Waals surface area (Å²) in [6.45, 7) is 3.28. The zero-order valence-electron chi connectivity index (χ0n) is 10.3. The van der Waals surface area contributed by atoms with Gasteiger partial charge in [0.05, 0.1) is 12.1 Å². The Balaban J connectivity index is 1.98. The van der Waals surface area contributed by atoms with E-state index in [4.69, 9.17) is 19.9 Å². The van der Waals surface area contributed by atoms with Crippen molar-refractivity contribution in [3.05, 3.63) is 23.8 Å². The predicted octanol–water partition coefficient (Wildman–Crippen LogP) is 1.88. The van der Waals surface area contributed by atoms with Gasteiger partial charge in [-0.05, 0) is 19.1 Å². The van der Waals surface area contributed by atoms with Gasteiger partial charge in [-0.3, -0.25) is 0 Å². The van der Waals surface area contributed by atoms with Gasteiger partial charge in [-0.15, -0.1) is 0 Å². The average molecular weight is 237 g/mol. The van der Waals surface area contributed by atoms with E-state index in [1.165, 1.54) is 0 Å². The van der Waals surface area contributed by atoms with Gasteiger partial charge in [0.1, 0.15) is 18.1 Å². The van der Waals surface area contributed by atoms with Gasteiger partial charge in [0.2, 0.25) is 0 Å². The van der Waals surface area contributed by atoms with Gasteiger partial charge in [0.25, 0.3) is 0 Å². The Kier molecular flexibility index (Phi) is 3.86. The number of nitrogens with two attached hydrogens (primary N) is 1. The fraction of sp³-hybridized carbons (Fsp3) is 0.538. The first-order chi connectivity index (χ1) is 8.20. The summed E-state index contributed by atoms with van der Waals surface area (Å²) < 4.78 is 16.3. The first-order valence-electron chi connectivity index (χ1n) is 5.88. The number of ether oxygens (including phenoxy) is 3. The van der Waals surface area contributed by atoms with Gasteiger partial charge in [-0.1, -0.05) is 0 Å². The molecule has 0 aliphatic carbocycles. The van der Waals surface area contributed by atoms with E-state index in [0.29, 0.717) is 13.2 Å². The van der Waals surface area contributed by atoms with Crippen LogP contribution in [0.2, 0.25) is 0 Å². The highest BCUT2D eigenvalue weighted by Gasteiger charge is 2.21. The molecule has 1 aliphatic rings. The molecule has 1 aromatic rings. The van der Waals surface area contributed by atoms with Crippen molar-refractivity contribution in [3.8, 4) is 11.5 Å². The molecule has 0 saturated carbocycles. The monoisotopic (exact) mass is 237 g/mol. The second-order valence-electron chi connectivity index (χ2n) is 4.33. The van der Waals surface area contributed by atoms with Gasteiger partial charge in [0.15, 0.2) is 0 Å². The Bertz CT molecular complexity index is 381. The summed E-state index contributed by atoms with van der Waals surface area (Å²) in [5.41, 5.74) is 6.94. The number of methoxy groups -OCH3 is 1. The molecule has 2 rings (SSSR count). The zero-order valence-corrected chi connectivity index (χ0v) is 10.3. The van der Waals surface area contributed by atoms with Crippen molar-refractivity contribution in [2.24, 2.45) is 5.73 Å². The van der Waals surface area contributed by atoms with Crippen molar-refractivity contribution in [1.82, 2.24) is 0 Å². The van der Waals surface area contributed by atoms with E-state index in [0.717, 1.165) is 23.5 Å². The van der Waals surface area contributed by atoms with Crippen LogP contribution in [-0.4, -0.2) is 26.4 Å². The molecule has 1 heterocycles. The summed E-state index contributed by atoms with van der Waals surface area (Å²) in [7, 11) is 1.69. The van der Waals surface area contributed by atoms with Gasteiger partial charge >= 0.3 is 0 Å². The van der Waals surface area contributed by atoms with Crippen LogP contribution < -0.4 is 15.2 Å². The maximum absolute atomic E-state index is 5.88. The van der Waals surface area contributed by atoms with Crippen molar-refractivity contribution in [1.29, 1.82) is 0 Å². The Morgan fingerprint density at radius 2 is 2.35 bits per heavy atom. The van der Waals surface area contributed by atoms with E-state index in [1.807, 2.05) is 25.1 Å². The molecule has 0 amide bonds. The third kappa shape index (κ3) is 2.90. The molecule has 94 valence electrons. The lowest BCUT2D eigenvalue weighted by Gasteiger charge is -2.14. The molecule has 2 unspecified atom stereocenters. The molecular formula is C13H19NO3. The van der Waals surface area contributed by atoms with Gasteiger partial charge < -0.3 is 19.9 Å². The number of fused-ring (bicyclic) bond motifs is 1. The predicted molar refractivity (Wildman–Crippen MR) is 65.4 cm³/mol. The maximum Gasteiger partial charge on any atom is 0.127 e. The van der Waals surface area contributed by atoms with Crippen LogP contribution in [0.15, 0.2) is 18.2 Å². The third-order valence-corrected chi connectivity index (χ3v) is 2.87. The molecule has 1 aliphatic heterocycles. The van der Waals surface area contributed by atoms with Crippen molar-refractivity contribution in [2.45, 2.75) is 25.5 Å². The smallest absolute Gasteiger partial charge is 0.127 e. The molecule has 1 aromatic carbocycles. The fourth-order valence-electron chi connectivity index (χ4n) is 1.86. The minimum atomic E-state index is -0.00929. The minimum Gasteiger partial charge on any atom is -0.491 e. The Hall–Kier alpha value is -1.26. The fourth-order valence-corrected chi connectivity index (χ4v) is 1.86. The molecule has 0 fully saturated rings. The van der Waals surface area contributed by atoms with Gasteiger partial charge in [-0.2, -0.15) is 0 Å². The normalized spacial score (nSPS) is 19.6. The molecule has 0 radical (unpaired) electrons. The summed E-state index contributed by atoms with van der Waals surface area (Å²) in [4.78, 5) is 0. The van der Waals surface area contributed by atoms with Crippen LogP contribution in [0, 0.1) is 0 Å². The van der Waals surface area contributed by atoms with Crippen LogP contribution in [0.4, 0.5) is 0 Å². The molecule has 17 heavy (non-hydrogen) atoms. The van der Waals surface area contributed by atoms with Crippen LogP contribution in [0.1, 0.15) is 24.9 Å². The van der Waals surface area contributed by atoms with E-state index in [-0.39, 0.29) is 12.1 Å². The average Bonchev–Trinajstić information content (AvgIpc) is 2.68. The molecule has 0 spiro atoms. The second kappa shape index (κ2) is 5.38. The summed E-state index contributed by atoms with van der Waals surface area (Å²) in [5, 5.41) is 0. The van der Waals surface area contributed by atoms with Crippen LogP contribution in [0.3, 0.4) is 0 Å². The van der Waals surface area contributed by atoms with Crippen LogP contribution >= 0.6 is 0 Å². The summed E-state index contributed by atoms with van der Waals surface area (Å²) in [6.07, 6.45) is 0.997. The quantitative estimate of drug-likeness (QED) is 0.849. The SMILES string of the molecule is COCCC(C)Oc1ccc2c(c1)OCC2N. The molecule has 4 heteroatoms. The third-order valence-electron chi connectivity index (χ3n) is 2.87. The Labute approximate surface area is 102 Å². The largest absolute Gasteiger partial charge is 0.491 e. The lowest BCUT2D eigenvalue weighted by Crippen LogP contribution is -2.14. The van der Waals surface area contributed by atoms with Crippen molar-refractivity contribution < 1.29 is 14.2 Å². The molecule has 0 saturated heterocycles. The molecule has 2 N–H and O–H groups in total. The summed E-state index contributed by atoms with van der Waals surface area (Å²) in [5.74, 6) is 1.66. The van der Waals surface area contributed by atoms with Crippen LogP contribution in [0.5, 0.6) is 11.5 Å². The lowest BCUT2D eigenvalue weighted by atomic mass is 10.1. The number of hydrogen-bond acceptors (Lipinski definition) is 4. The Morgan fingerprint density at radius 3 is 3.12 bits per heavy atom. The van der Waals surface area contributed by atoms with E-state index in [1.54, 1.807) is 7.11 Å². The standard InChI is InChI=1S/C13H19NO3/c1-9(5-6-15-2)17-10-3-4-11-12(14)8-16-13(11)7-10/h3-4,7,9,12H,5-6,8,14H2,1-2H3. The first kappa shape index (κ1) is 12.2. The minimum absolute atomic E-state index is 0.00929. The van der Waals surface area contributed by atoms with Crippen molar-refractivity contribution in [2.75, 3.05) is 20.3 Å². The number of hydrogen-bond donors (Lipinski definition) is 1. The highest BCUT2D eigenvalue weighted by molar-refractivity contribution is 5.44. The zero-order chi connectivity index (χ0) is 12.3. The molecular weight excluding hydrogens is 218 g/mol. The summed E-state index contributed by atoms with van der Waals surface area (Å²) >= 11 is 0. The highest BCUT2D eigenvalue weighted by atomic mass is 16.5. The van der Waals surface area contributed by atoms with E-state index < -0.39 is 0 Å². The molecule has 0 aromatic heterocycles. The van der Waals surface area contributed by atoms with Crippen LogP contribution in [0.25, 0.3) is 0 Å². The summed E-state index contributed by atoms with van der Waals surface area (Å²) in [6, 6.07) is 5.82. The van der Waals surface area contributed by atoms with Gasteiger partial charge in [0, 0.05) is 31.8 Å². The van der Waals surface area contributed by atoms with Gasteiger partial charge in [-0.25, -0.2) is 0 Å². The number of rotatable bonds is 5. The first-order valence-corrected chi connectivity index (χ1v) is 5.88. The molecule has 4 nitrogen and oxygen atoms in total. The Morgan fingerprint density at radius 1 is 1.53 bits per heavy atom. The highest BCUT2D eigenvalue weighted by Crippen LogP contribution is 2.34. The van der Waals surface area contributed by atoms with Crippen LogP contribution in [-0.2, 0) is 4.74 Å². The number of benzene rings is 1. The topological polar surface area (TPSA) is 53.7 Å².